The molecule has 112 valence electrons. The van der Waals surface area contributed by atoms with Crippen LogP contribution in [0.5, 0.6) is 0 Å². The van der Waals surface area contributed by atoms with Gasteiger partial charge in [-0.2, -0.15) is 0 Å². The number of hydrogen-bond donors (Lipinski definition) is 0. The van der Waals surface area contributed by atoms with Gasteiger partial charge in [0.05, 0.1) is 12.6 Å². The number of likely N-dealkylation sites (tertiary alicyclic amines) is 1. The Labute approximate surface area is 113 Å². The van der Waals surface area contributed by atoms with Crippen molar-refractivity contribution in [2.45, 2.75) is 64.8 Å². The first kappa shape index (κ1) is 16.1. The summed E-state index contributed by atoms with van der Waals surface area (Å²) >= 11 is 0. The van der Waals surface area contributed by atoms with E-state index in [1.807, 2.05) is 0 Å². The maximum Gasteiger partial charge on any atom is 0.410 e. The number of nitrogens with zero attached hydrogens (tertiary/aromatic N) is 1. The molecule has 1 saturated heterocycles. The summed E-state index contributed by atoms with van der Waals surface area (Å²) < 4.78 is 38.1. The van der Waals surface area contributed by atoms with Crippen LogP contribution in [0.3, 0.4) is 0 Å². The molecule has 0 aromatic rings. The van der Waals surface area contributed by atoms with Gasteiger partial charge < -0.3 is 14.4 Å². The number of rotatable bonds is 2. The highest BCUT2D eigenvalue weighted by Gasteiger charge is 2.47. The molecule has 1 amide bonds. The Balaban J connectivity index is 2.62. The van der Waals surface area contributed by atoms with Gasteiger partial charge in [0.25, 0.3) is 5.92 Å². The van der Waals surface area contributed by atoms with Crippen molar-refractivity contribution >= 4 is 6.09 Å². The molecule has 1 aliphatic rings. The fourth-order valence-electron chi connectivity index (χ4n) is 1.90. The van der Waals surface area contributed by atoms with E-state index in [2.05, 4.69) is 0 Å². The fraction of sp³-hybridized carbons (Fsp3) is 0.923. The van der Waals surface area contributed by atoms with Gasteiger partial charge in [-0.15, -0.1) is 0 Å². The monoisotopic (exact) mass is 279 g/mol. The zero-order valence-electron chi connectivity index (χ0n) is 12.2. The zero-order chi connectivity index (χ0) is 14.8. The topological polar surface area (TPSA) is 38.8 Å². The largest absolute Gasteiger partial charge is 0.444 e. The minimum atomic E-state index is -3.04. The minimum Gasteiger partial charge on any atom is -0.444 e. The normalized spacial score (nSPS) is 23.6. The molecule has 0 bridgehead atoms. The van der Waals surface area contributed by atoms with Crippen LogP contribution in [-0.2, 0) is 9.47 Å². The van der Waals surface area contributed by atoms with Crippen molar-refractivity contribution in [2.24, 2.45) is 0 Å². The van der Waals surface area contributed by atoms with Crippen LogP contribution in [0.25, 0.3) is 0 Å². The average Bonchev–Trinajstić information content (AvgIpc) is 2.17. The van der Waals surface area contributed by atoms with E-state index in [-0.39, 0.29) is 19.1 Å². The molecule has 0 saturated carbocycles. The Morgan fingerprint density at radius 3 is 2.37 bits per heavy atom. The third kappa shape index (κ3) is 4.93. The Morgan fingerprint density at radius 2 is 1.95 bits per heavy atom. The summed E-state index contributed by atoms with van der Waals surface area (Å²) in [4.78, 5) is 12.8. The van der Waals surface area contributed by atoms with Crippen LogP contribution in [-0.4, -0.2) is 47.8 Å². The molecule has 1 rings (SSSR count). The van der Waals surface area contributed by atoms with E-state index in [1.165, 1.54) is 0 Å². The number of carbonyl (C=O) groups excluding carboxylic acids is 1. The molecule has 0 aromatic heterocycles. The number of amides is 1. The Hall–Kier alpha value is -0.910. The lowest BCUT2D eigenvalue weighted by molar-refractivity contribution is -0.182. The Bertz CT molecular complexity index is 326. The zero-order valence-corrected chi connectivity index (χ0v) is 12.2. The third-order valence-corrected chi connectivity index (χ3v) is 2.62. The molecule has 1 fully saturated rings. The summed E-state index contributed by atoms with van der Waals surface area (Å²) in [5.41, 5.74) is -0.683. The van der Waals surface area contributed by atoms with Gasteiger partial charge in [-0.05, 0) is 41.0 Å². The summed E-state index contributed by atoms with van der Waals surface area (Å²) in [6.45, 7) is 8.13. The first-order valence-corrected chi connectivity index (χ1v) is 6.52. The second-order valence-electron chi connectivity index (χ2n) is 6.13. The molecule has 1 aliphatic heterocycles. The molecular weight excluding hydrogens is 256 g/mol. The van der Waals surface area contributed by atoms with Crippen molar-refractivity contribution < 1.29 is 23.0 Å². The highest BCUT2D eigenvalue weighted by Crippen LogP contribution is 2.31. The van der Waals surface area contributed by atoms with E-state index < -0.39 is 30.3 Å². The molecule has 0 N–H and O–H groups in total. The van der Waals surface area contributed by atoms with Crippen LogP contribution in [0.4, 0.5) is 13.6 Å². The number of halogens is 2. The maximum absolute atomic E-state index is 13.9. The van der Waals surface area contributed by atoms with Crippen molar-refractivity contribution in [3.63, 3.8) is 0 Å². The standard InChI is InChI=1S/C13H23F2NO3/c1-9(2)18-10-6-7-16(8-13(10,14)15)11(17)19-12(3,4)5/h9-10H,6-8H2,1-5H3. The van der Waals surface area contributed by atoms with Crippen LogP contribution in [0.1, 0.15) is 41.0 Å². The summed E-state index contributed by atoms with van der Waals surface area (Å²) in [6.07, 6.45) is -1.98. The first-order valence-electron chi connectivity index (χ1n) is 6.52. The van der Waals surface area contributed by atoms with E-state index in [0.717, 1.165) is 4.90 Å². The summed E-state index contributed by atoms with van der Waals surface area (Å²) in [6, 6.07) is 0. The van der Waals surface area contributed by atoms with Gasteiger partial charge in [0.15, 0.2) is 0 Å². The van der Waals surface area contributed by atoms with Gasteiger partial charge >= 0.3 is 6.09 Å². The fourth-order valence-corrected chi connectivity index (χ4v) is 1.90. The lowest BCUT2D eigenvalue weighted by Gasteiger charge is -2.39. The molecule has 1 atom stereocenters. The van der Waals surface area contributed by atoms with Gasteiger partial charge in [-0.3, -0.25) is 0 Å². The number of hydrogen-bond acceptors (Lipinski definition) is 3. The molecule has 1 unspecified atom stereocenters. The van der Waals surface area contributed by atoms with Gasteiger partial charge in [0, 0.05) is 6.54 Å². The van der Waals surface area contributed by atoms with Gasteiger partial charge in [0.1, 0.15) is 11.7 Å². The van der Waals surface area contributed by atoms with Crippen LogP contribution < -0.4 is 0 Å². The Kier molecular flexibility index (Phi) is 4.76. The maximum atomic E-state index is 13.9. The summed E-state index contributed by atoms with van der Waals surface area (Å²) in [7, 11) is 0. The number of alkyl halides is 2. The SMILES string of the molecule is CC(C)OC1CCN(C(=O)OC(C)(C)C)CC1(F)F. The molecule has 0 spiro atoms. The predicted octanol–water partition coefficient (Wildman–Crippen LogP) is 3.06. The van der Waals surface area contributed by atoms with Gasteiger partial charge in [-0.1, -0.05) is 0 Å². The Morgan fingerprint density at radius 1 is 1.37 bits per heavy atom. The first-order chi connectivity index (χ1) is 8.51. The van der Waals surface area contributed by atoms with Crippen LogP contribution in [0.15, 0.2) is 0 Å². The highest BCUT2D eigenvalue weighted by molar-refractivity contribution is 5.68. The van der Waals surface area contributed by atoms with Crippen LogP contribution in [0.2, 0.25) is 0 Å². The molecule has 0 aliphatic carbocycles. The van der Waals surface area contributed by atoms with E-state index in [4.69, 9.17) is 9.47 Å². The van der Waals surface area contributed by atoms with Crippen molar-refractivity contribution in [2.75, 3.05) is 13.1 Å². The molecule has 4 nitrogen and oxygen atoms in total. The van der Waals surface area contributed by atoms with E-state index >= 15 is 0 Å². The van der Waals surface area contributed by atoms with Crippen molar-refractivity contribution in [1.82, 2.24) is 4.90 Å². The van der Waals surface area contributed by atoms with Crippen molar-refractivity contribution in [1.29, 1.82) is 0 Å². The van der Waals surface area contributed by atoms with Crippen molar-refractivity contribution in [3.05, 3.63) is 0 Å². The second-order valence-corrected chi connectivity index (χ2v) is 6.13. The third-order valence-electron chi connectivity index (χ3n) is 2.62. The van der Waals surface area contributed by atoms with Crippen LogP contribution >= 0.6 is 0 Å². The minimum absolute atomic E-state index is 0.115. The van der Waals surface area contributed by atoms with E-state index in [1.54, 1.807) is 34.6 Å². The highest BCUT2D eigenvalue weighted by atomic mass is 19.3. The quantitative estimate of drug-likeness (QED) is 0.780. The lowest BCUT2D eigenvalue weighted by Crippen LogP contribution is -2.55. The van der Waals surface area contributed by atoms with Gasteiger partial charge in [-0.25, -0.2) is 13.6 Å². The van der Waals surface area contributed by atoms with E-state index in [0.29, 0.717) is 0 Å². The lowest BCUT2D eigenvalue weighted by atomic mass is 10.0. The summed E-state index contributed by atoms with van der Waals surface area (Å²) in [5.74, 6) is -3.04. The number of carbonyl (C=O) groups is 1. The summed E-state index contributed by atoms with van der Waals surface area (Å²) in [5, 5.41) is 0. The molecule has 0 aromatic carbocycles. The molecule has 1 heterocycles. The smallest absolute Gasteiger partial charge is 0.410 e. The molecule has 0 radical (unpaired) electrons. The van der Waals surface area contributed by atoms with Gasteiger partial charge in [0.2, 0.25) is 0 Å². The second kappa shape index (κ2) is 5.61. The number of piperidine rings is 1. The molecule has 6 heteroatoms. The van der Waals surface area contributed by atoms with E-state index in [9.17, 15) is 13.6 Å². The molecular formula is C13H23F2NO3. The number of ether oxygens (including phenoxy) is 2. The average molecular weight is 279 g/mol. The predicted molar refractivity (Wildman–Crippen MR) is 67.4 cm³/mol. The molecule has 19 heavy (non-hydrogen) atoms. The van der Waals surface area contributed by atoms with Crippen LogP contribution in [0, 0.1) is 0 Å². The van der Waals surface area contributed by atoms with Crippen molar-refractivity contribution in [3.8, 4) is 0 Å².